The summed E-state index contributed by atoms with van der Waals surface area (Å²) in [5.41, 5.74) is 0.0493. The SMILES string of the molecule is CN(C)/C=C/C=C(\C#N)C(=O)CCC(O)CO. The number of Topliss-reactive ketones (excluding diaryl/α,β-unsaturated/α-hetero) is 1. The summed E-state index contributed by atoms with van der Waals surface area (Å²) < 4.78 is 0. The maximum Gasteiger partial charge on any atom is 0.173 e. The lowest BCUT2D eigenvalue weighted by Crippen LogP contribution is -2.14. The molecule has 94 valence electrons. The van der Waals surface area contributed by atoms with Crippen molar-refractivity contribution >= 4 is 5.78 Å². The fourth-order valence-electron chi connectivity index (χ4n) is 1.03. The molecule has 0 saturated carbocycles. The average Bonchev–Trinajstić information content (AvgIpc) is 2.30. The fraction of sp³-hybridized carbons (Fsp3) is 0.500. The van der Waals surface area contributed by atoms with Gasteiger partial charge in [0.05, 0.1) is 18.3 Å². The lowest BCUT2D eigenvalue weighted by Gasteiger charge is -2.05. The van der Waals surface area contributed by atoms with Gasteiger partial charge in [-0.2, -0.15) is 5.26 Å². The first kappa shape index (κ1) is 15.4. The largest absolute Gasteiger partial charge is 0.394 e. The Labute approximate surface area is 101 Å². The van der Waals surface area contributed by atoms with Crippen LogP contribution in [-0.2, 0) is 4.79 Å². The zero-order chi connectivity index (χ0) is 13.3. The quantitative estimate of drug-likeness (QED) is 0.376. The van der Waals surface area contributed by atoms with Gasteiger partial charge in [-0.25, -0.2) is 0 Å². The van der Waals surface area contributed by atoms with Gasteiger partial charge in [0.1, 0.15) is 6.07 Å². The number of aliphatic hydroxyl groups is 2. The molecule has 0 heterocycles. The van der Waals surface area contributed by atoms with Crippen molar-refractivity contribution in [3.05, 3.63) is 23.9 Å². The zero-order valence-electron chi connectivity index (χ0n) is 10.1. The fourth-order valence-corrected chi connectivity index (χ4v) is 1.03. The zero-order valence-corrected chi connectivity index (χ0v) is 10.1. The van der Waals surface area contributed by atoms with Crippen LogP contribution in [0.5, 0.6) is 0 Å². The number of nitriles is 1. The Balaban J connectivity index is 4.37. The third kappa shape index (κ3) is 7.28. The summed E-state index contributed by atoms with van der Waals surface area (Å²) in [7, 11) is 3.66. The topological polar surface area (TPSA) is 84.6 Å². The van der Waals surface area contributed by atoms with Gasteiger partial charge in [0.25, 0.3) is 0 Å². The van der Waals surface area contributed by atoms with Gasteiger partial charge >= 0.3 is 0 Å². The number of ketones is 1. The highest BCUT2D eigenvalue weighted by molar-refractivity contribution is 5.99. The van der Waals surface area contributed by atoms with Crippen molar-refractivity contribution in [1.29, 1.82) is 5.26 Å². The van der Waals surface area contributed by atoms with Crippen LogP contribution in [-0.4, -0.2) is 47.7 Å². The number of allylic oxidation sites excluding steroid dienone is 3. The molecular weight excluding hydrogens is 220 g/mol. The minimum Gasteiger partial charge on any atom is -0.394 e. The number of hydrogen-bond donors (Lipinski definition) is 2. The molecule has 0 aromatic carbocycles. The smallest absolute Gasteiger partial charge is 0.173 e. The summed E-state index contributed by atoms with van der Waals surface area (Å²) in [6.07, 6.45) is 4.07. The highest BCUT2D eigenvalue weighted by Crippen LogP contribution is 2.05. The number of nitrogens with zero attached hydrogens (tertiary/aromatic N) is 2. The van der Waals surface area contributed by atoms with E-state index in [0.717, 1.165) is 0 Å². The van der Waals surface area contributed by atoms with E-state index < -0.39 is 6.10 Å². The summed E-state index contributed by atoms with van der Waals surface area (Å²) in [5, 5.41) is 26.5. The first-order chi connectivity index (χ1) is 8.01. The molecule has 0 saturated heterocycles. The summed E-state index contributed by atoms with van der Waals surface area (Å²) in [5.74, 6) is -0.330. The maximum absolute atomic E-state index is 11.5. The van der Waals surface area contributed by atoms with E-state index in [9.17, 15) is 4.79 Å². The Morgan fingerprint density at radius 2 is 2.18 bits per heavy atom. The van der Waals surface area contributed by atoms with E-state index >= 15 is 0 Å². The van der Waals surface area contributed by atoms with E-state index in [2.05, 4.69) is 0 Å². The molecule has 1 unspecified atom stereocenters. The normalized spacial score (nSPS) is 13.5. The monoisotopic (exact) mass is 238 g/mol. The minimum atomic E-state index is -0.906. The third-order valence-electron chi connectivity index (χ3n) is 1.98. The Bertz CT molecular complexity index is 340. The molecule has 0 radical (unpaired) electrons. The molecule has 0 spiro atoms. The second-order valence-corrected chi connectivity index (χ2v) is 3.80. The van der Waals surface area contributed by atoms with Gasteiger partial charge in [-0.1, -0.05) is 0 Å². The standard InChI is InChI=1S/C12H18N2O3/c1-14(2)7-3-4-10(8-13)12(17)6-5-11(16)9-15/h3-4,7,11,15-16H,5-6,9H2,1-2H3/b7-3+,10-4+. The second-order valence-electron chi connectivity index (χ2n) is 3.80. The summed E-state index contributed by atoms with van der Waals surface area (Å²) >= 11 is 0. The molecule has 5 heteroatoms. The van der Waals surface area contributed by atoms with Crippen molar-refractivity contribution in [2.24, 2.45) is 0 Å². The first-order valence-electron chi connectivity index (χ1n) is 5.28. The Morgan fingerprint density at radius 3 is 2.65 bits per heavy atom. The van der Waals surface area contributed by atoms with Crippen LogP contribution >= 0.6 is 0 Å². The van der Waals surface area contributed by atoms with E-state index in [0.29, 0.717) is 0 Å². The molecule has 1 atom stereocenters. The maximum atomic E-state index is 11.5. The molecule has 0 amide bonds. The number of rotatable bonds is 7. The molecule has 0 aliphatic heterocycles. The van der Waals surface area contributed by atoms with Crippen LogP contribution in [0.25, 0.3) is 0 Å². The average molecular weight is 238 g/mol. The van der Waals surface area contributed by atoms with Crippen molar-refractivity contribution in [2.75, 3.05) is 20.7 Å². The molecule has 0 bridgehead atoms. The van der Waals surface area contributed by atoms with Crippen molar-refractivity contribution in [1.82, 2.24) is 4.90 Å². The third-order valence-corrected chi connectivity index (χ3v) is 1.98. The number of carbonyl (C=O) groups is 1. The first-order valence-corrected chi connectivity index (χ1v) is 5.28. The summed E-state index contributed by atoms with van der Waals surface area (Å²) in [6.45, 7) is -0.376. The van der Waals surface area contributed by atoms with E-state index in [-0.39, 0.29) is 30.8 Å². The van der Waals surface area contributed by atoms with Crippen molar-refractivity contribution < 1.29 is 15.0 Å². The van der Waals surface area contributed by atoms with Crippen LogP contribution in [0.3, 0.4) is 0 Å². The highest BCUT2D eigenvalue weighted by Gasteiger charge is 2.10. The molecule has 0 aliphatic rings. The van der Waals surface area contributed by atoms with Crippen LogP contribution in [0.2, 0.25) is 0 Å². The highest BCUT2D eigenvalue weighted by atomic mass is 16.3. The van der Waals surface area contributed by atoms with Gasteiger partial charge in [-0.3, -0.25) is 4.79 Å². The van der Waals surface area contributed by atoms with E-state index in [1.165, 1.54) is 6.08 Å². The molecular formula is C12H18N2O3. The van der Waals surface area contributed by atoms with Crippen LogP contribution < -0.4 is 0 Å². The Kier molecular flexibility index (Phi) is 7.68. The van der Waals surface area contributed by atoms with E-state index in [1.807, 2.05) is 20.2 Å². The van der Waals surface area contributed by atoms with Gasteiger partial charge in [-0.05, 0) is 24.8 Å². The molecule has 0 aromatic heterocycles. The molecule has 0 aliphatic carbocycles. The minimum absolute atomic E-state index is 0.0493. The number of carbonyl (C=O) groups excluding carboxylic acids is 1. The van der Waals surface area contributed by atoms with Crippen LogP contribution in [0.15, 0.2) is 23.9 Å². The lowest BCUT2D eigenvalue weighted by atomic mass is 10.1. The van der Waals surface area contributed by atoms with Gasteiger partial charge in [0.2, 0.25) is 0 Å². The molecule has 5 nitrogen and oxygen atoms in total. The molecule has 0 aromatic rings. The van der Waals surface area contributed by atoms with Crippen molar-refractivity contribution in [3.8, 4) is 6.07 Å². The second kappa shape index (κ2) is 8.50. The van der Waals surface area contributed by atoms with E-state index in [4.69, 9.17) is 15.5 Å². The predicted octanol–water partition coefficient (Wildman–Crippen LogP) is 0.214. The molecule has 0 rings (SSSR count). The van der Waals surface area contributed by atoms with Crippen molar-refractivity contribution in [3.63, 3.8) is 0 Å². The lowest BCUT2D eigenvalue weighted by molar-refractivity contribution is -0.115. The Morgan fingerprint density at radius 1 is 1.53 bits per heavy atom. The summed E-state index contributed by atoms with van der Waals surface area (Å²) in [6, 6.07) is 1.81. The Hall–Kier alpha value is -1.64. The molecule has 0 fully saturated rings. The van der Waals surface area contributed by atoms with Gasteiger partial charge in [-0.15, -0.1) is 0 Å². The molecule has 17 heavy (non-hydrogen) atoms. The number of aliphatic hydroxyl groups excluding tert-OH is 2. The molecule has 2 N–H and O–H groups in total. The van der Waals surface area contributed by atoms with Crippen LogP contribution in [0.4, 0.5) is 0 Å². The van der Waals surface area contributed by atoms with Crippen LogP contribution in [0.1, 0.15) is 12.8 Å². The van der Waals surface area contributed by atoms with Crippen molar-refractivity contribution in [2.45, 2.75) is 18.9 Å². The van der Waals surface area contributed by atoms with Gasteiger partial charge < -0.3 is 15.1 Å². The van der Waals surface area contributed by atoms with E-state index in [1.54, 1.807) is 17.2 Å². The predicted molar refractivity (Wildman–Crippen MR) is 63.9 cm³/mol. The van der Waals surface area contributed by atoms with Gasteiger partial charge in [0.15, 0.2) is 5.78 Å². The summed E-state index contributed by atoms with van der Waals surface area (Å²) in [4.78, 5) is 13.3. The van der Waals surface area contributed by atoms with Gasteiger partial charge in [0, 0.05) is 20.5 Å². The number of hydrogen-bond acceptors (Lipinski definition) is 5. The van der Waals surface area contributed by atoms with Crippen LogP contribution in [0, 0.1) is 11.3 Å².